The van der Waals surface area contributed by atoms with Gasteiger partial charge in [-0.2, -0.15) is 0 Å². The zero-order chi connectivity index (χ0) is 13.1. The summed E-state index contributed by atoms with van der Waals surface area (Å²) in [5.41, 5.74) is 0. The van der Waals surface area contributed by atoms with E-state index >= 15 is 0 Å². The zero-order valence-corrected chi connectivity index (χ0v) is 10.6. The number of nitrogens with one attached hydrogen (secondary N) is 1. The lowest BCUT2D eigenvalue weighted by atomic mass is 10.4. The molecule has 0 aromatic carbocycles. The van der Waals surface area contributed by atoms with E-state index in [2.05, 4.69) is 5.32 Å². The maximum atomic E-state index is 11.6. The van der Waals surface area contributed by atoms with Crippen molar-refractivity contribution in [3.05, 3.63) is 0 Å². The molecule has 0 aromatic rings. The smallest absolute Gasteiger partial charge is 0.323 e. The highest BCUT2D eigenvalue weighted by Gasteiger charge is 2.14. The van der Waals surface area contributed by atoms with Gasteiger partial charge in [0, 0.05) is 26.3 Å². The van der Waals surface area contributed by atoms with Crippen LogP contribution >= 0.6 is 0 Å². The molecular weight excluding hydrogens is 224 g/mol. The van der Waals surface area contributed by atoms with Gasteiger partial charge in [-0.05, 0) is 19.8 Å². The fraction of sp³-hybridized carbons (Fsp3) is 0.818. The summed E-state index contributed by atoms with van der Waals surface area (Å²) in [6.07, 6.45) is 1.46. The normalized spacial score (nSPS) is 10.0. The van der Waals surface area contributed by atoms with Gasteiger partial charge in [0.25, 0.3) is 0 Å². The Balaban J connectivity index is 3.84. The van der Waals surface area contributed by atoms with Crippen molar-refractivity contribution in [2.24, 2.45) is 0 Å². The number of urea groups is 1. The largest absolute Gasteiger partial charge is 0.480 e. The molecule has 0 aromatic heterocycles. The Labute approximate surface area is 102 Å². The Morgan fingerprint density at radius 2 is 2.06 bits per heavy atom. The van der Waals surface area contributed by atoms with Crippen molar-refractivity contribution in [3.8, 4) is 0 Å². The molecule has 0 saturated carbocycles. The molecule has 6 heteroatoms. The molecule has 17 heavy (non-hydrogen) atoms. The van der Waals surface area contributed by atoms with E-state index < -0.39 is 5.97 Å². The minimum Gasteiger partial charge on any atom is -0.480 e. The minimum absolute atomic E-state index is 0.259. The molecule has 100 valence electrons. The van der Waals surface area contributed by atoms with Gasteiger partial charge in [0.2, 0.25) is 0 Å². The first-order valence-electron chi connectivity index (χ1n) is 5.94. The van der Waals surface area contributed by atoms with Crippen LogP contribution in [0.15, 0.2) is 0 Å². The highest BCUT2D eigenvalue weighted by atomic mass is 16.5. The lowest BCUT2D eigenvalue weighted by Gasteiger charge is -2.20. The molecule has 0 aliphatic carbocycles. The lowest BCUT2D eigenvalue weighted by Crippen LogP contribution is -2.43. The number of carboxylic acid groups (broad SMARTS) is 1. The van der Waals surface area contributed by atoms with Gasteiger partial charge in [-0.15, -0.1) is 0 Å². The molecule has 0 rings (SSSR count). The van der Waals surface area contributed by atoms with Crippen LogP contribution < -0.4 is 5.32 Å². The topological polar surface area (TPSA) is 78.9 Å². The van der Waals surface area contributed by atoms with Gasteiger partial charge < -0.3 is 20.1 Å². The summed E-state index contributed by atoms with van der Waals surface area (Å²) in [6, 6.07) is -0.328. The Morgan fingerprint density at radius 3 is 2.59 bits per heavy atom. The number of aliphatic carboxylic acids is 1. The fourth-order valence-corrected chi connectivity index (χ4v) is 1.31. The van der Waals surface area contributed by atoms with Crippen LogP contribution in [0.4, 0.5) is 4.79 Å². The van der Waals surface area contributed by atoms with Gasteiger partial charge >= 0.3 is 12.0 Å². The second kappa shape index (κ2) is 9.89. The first-order valence-corrected chi connectivity index (χ1v) is 5.94. The number of carboxylic acids is 1. The van der Waals surface area contributed by atoms with E-state index in [0.717, 1.165) is 12.8 Å². The highest BCUT2D eigenvalue weighted by Crippen LogP contribution is 1.93. The molecule has 0 atom stereocenters. The Morgan fingerprint density at radius 1 is 1.35 bits per heavy atom. The molecule has 0 aliphatic heterocycles. The van der Waals surface area contributed by atoms with Crippen LogP contribution in [0.5, 0.6) is 0 Å². The number of hydrogen-bond acceptors (Lipinski definition) is 3. The van der Waals surface area contributed by atoms with Crippen molar-refractivity contribution in [1.82, 2.24) is 10.2 Å². The quantitative estimate of drug-likeness (QED) is 0.593. The van der Waals surface area contributed by atoms with Crippen molar-refractivity contribution < 1.29 is 19.4 Å². The van der Waals surface area contributed by atoms with Crippen LogP contribution in [-0.4, -0.2) is 54.9 Å². The Hall–Kier alpha value is -1.30. The molecule has 6 nitrogen and oxygen atoms in total. The molecule has 0 fully saturated rings. The van der Waals surface area contributed by atoms with Crippen molar-refractivity contribution in [2.45, 2.75) is 26.7 Å². The number of hydrogen-bond donors (Lipinski definition) is 2. The summed E-state index contributed by atoms with van der Waals surface area (Å²) in [6.45, 7) is 5.76. The van der Waals surface area contributed by atoms with E-state index in [4.69, 9.17) is 9.84 Å². The number of amides is 2. The van der Waals surface area contributed by atoms with Gasteiger partial charge in [0.05, 0.1) is 0 Å². The second-order valence-corrected chi connectivity index (χ2v) is 3.60. The van der Waals surface area contributed by atoms with Crippen molar-refractivity contribution in [2.75, 3.05) is 32.8 Å². The summed E-state index contributed by atoms with van der Waals surface area (Å²) >= 11 is 0. The standard InChI is InChI=1S/C11H22N2O4/c1-3-7-13(9-10(14)15)11(16)12-6-5-8-17-4-2/h3-9H2,1-2H3,(H,12,16)(H,14,15). The Kier molecular flexibility index (Phi) is 9.14. The molecule has 2 amide bonds. The maximum Gasteiger partial charge on any atom is 0.323 e. The molecule has 0 saturated heterocycles. The molecule has 2 N–H and O–H groups in total. The average Bonchev–Trinajstić information content (AvgIpc) is 2.27. The van der Waals surface area contributed by atoms with Crippen LogP contribution in [0.3, 0.4) is 0 Å². The predicted molar refractivity (Wildman–Crippen MR) is 64.0 cm³/mol. The number of carbonyl (C=O) groups is 2. The molecule has 0 radical (unpaired) electrons. The first kappa shape index (κ1) is 15.7. The van der Waals surface area contributed by atoms with Crippen LogP contribution in [-0.2, 0) is 9.53 Å². The molecule has 0 heterocycles. The van der Waals surface area contributed by atoms with Gasteiger partial charge in [0.15, 0.2) is 0 Å². The summed E-state index contributed by atoms with van der Waals surface area (Å²) in [7, 11) is 0. The zero-order valence-electron chi connectivity index (χ0n) is 10.6. The lowest BCUT2D eigenvalue weighted by molar-refractivity contribution is -0.137. The Bertz CT molecular complexity index is 234. The van der Waals surface area contributed by atoms with E-state index in [9.17, 15) is 9.59 Å². The van der Waals surface area contributed by atoms with Gasteiger partial charge in [0.1, 0.15) is 6.54 Å². The van der Waals surface area contributed by atoms with Gasteiger partial charge in [-0.3, -0.25) is 4.79 Å². The van der Waals surface area contributed by atoms with E-state index in [1.807, 2.05) is 13.8 Å². The second-order valence-electron chi connectivity index (χ2n) is 3.60. The van der Waals surface area contributed by atoms with Crippen molar-refractivity contribution in [3.63, 3.8) is 0 Å². The average molecular weight is 246 g/mol. The summed E-state index contributed by atoms with van der Waals surface area (Å²) in [4.78, 5) is 23.5. The SMILES string of the molecule is CCCN(CC(=O)O)C(=O)NCCCOCC. The van der Waals surface area contributed by atoms with Gasteiger partial charge in [-0.25, -0.2) is 4.79 Å². The third-order valence-electron chi connectivity index (χ3n) is 2.05. The van der Waals surface area contributed by atoms with Crippen LogP contribution in [0.25, 0.3) is 0 Å². The molecule has 0 bridgehead atoms. The number of carbonyl (C=O) groups excluding carboxylic acids is 1. The molecule has 0 spiro atoms. The van der Waals surface area contributed by atoms with E-state index in [1.165, 1.54) is 4.90 Å². The third kappa shape index (κ3) is 8.50. The van der Waals surface area contributed by atoms with Crippen LogP contribution in [0.2, 0.25) is 0 Å². The molecule has 0 unspecified atom stereocenters. The highest BCUT2D eigenvalue weighted by molar-refractivity contribution is 5.79. The summed E-state index contributed by atoms with van der Waals surface area (Å²) < 4.78 is 5.13. The monoisotopic (exact) mass is 246 g/mol. The van der Waals surface area contributed by atoms with Crippen LogP contribution in [0.1, 0.15) is 26.7 Å². The summed E-state index contributed by atoms with van der Waals surface area (Å²) in [5, 5.41) is 11.3. The molecule has 0 aliphatic rings. The number of nitrogens with zero attached hydrogens (tertiary/aromatic N) is 1. The summed E-state index contributed by atoms with van der Waals surface area (Å²) in [5.74, 6) is -0.997. The minimum atomic E-state index is -0.997. The van der Waals surface area contributed by atoms with E-state index in [0.29, 0.717) is 26.3 Å². The number of ether oxygens (including phenoxy) is 1. The first-order chi connectivity index (χ1) is 8.11. The van der Waals surface area contributed by atoms with Crippen LogP contribution in [0, 0.1) is 0 Å². The maximum absolute atomic E-state index is 11.6. The van der Waals surface area contributed by atoms with E-state index in [-0.39, 0.29) is 12.6 Å². The van der Waals surface area contributed by atoms with Crippen molar-refractivity contribution in [1.29, 1.82) is 0 Å². The van der Waals surface area contributed by atoms with Gasteiger partial charge in [-0.1, -0.05) is 6.92 Å². The van der Waals surface area contributed by atoms with E-state index in [1.54, 1.807) is 0 Å². The molecular formula is C11H22N2O4. The predicted octanol–water partition coefficient (Wildman–Crippen LogP) is 0.919. The van der Waals surface area contributed by atoms with Crippen molar-refractivity contribution >= 4 is 12.0 Å². The number of rotatable bonds is 9. The fourth-order valence-electron chi connectivity index (χ4n) is 1.31. The third-order valence-corrected chi connectivity index (χ3v) is 2.05.